The Labute approximate surface area is 166 Å². The number of rotatable bonds is 6. The first-order valence-corrected chi connectivity index (χ1v) is 10.2. The number of thioether (sulfide) groups is 1. The largest absolute Gasteiger partial charge is 0.348 e. The van der Waals surface area contributed by atoms with Gasteiger partial charge in [-0.05, 0) is 18.6 Å². The quantitative estimate of drug-likeness (QED) is 0.359. The summed E-state index contributed by atoms with van der Waals surface area (Å²) in [6, 6.07) is 11.9. The van der Waals surface area contributed by atoms with E-state index in [0.717, 1.165) is 10.4 Å². The summed E-state index contributed by atoms with van der Waals surface area (Å²) in [6.45, 7) is 5.92. The van der Waals surface area contributed by atoms with E-state index >= 15 is 0 Å². The molecule has 0 saturated heterocycles. The van der Waals surface area contributed by atoms with Crippen molar-refractivity contribution in [3.63, 3.8) is 0 Å². The summed E-state index contributed by atoms with van der Waals surface area (Å²) in [5, 5.41) is 0.195. The maximum Gasteiger partial charge on any atom is 0.272 e. The average molecular weight is 400 g/mol. The van der Waals surface area contributed by atoms with Crippen molar-refractivity contribution in [2.75, 3.05) is 14.1 Å². The van der Waals surface area contributed by atoms with Gasteiger partial charge in [0.25, 0.3) is 5.56 Å². The molecule has 2 aromatic heterocycles. The summed E-state index contributed by atoms with van der Waals surface area (Å²) in [7, 11) is 3.44. The minimum atomic E-state index is -0.340. The first-order chi connectivity index (χ1) is 12.9. The van der Waals surface area contributed by atoms with E-state index in [1.54, 1.807) is 29.6 Å². The van der Waals surface area contributed by atoms with Crippen LogP contribution in [0.5, 0.6) is 0 Å². The highest BCUT2D eigenvalue weighted by Gasteiger charge is 2.21. The standard InChI is InChI=1S/C20H21N3O2S2/c1-5-11-23-19(25)17-15(12-16(27-17)14-9-7-6-8-10-14)21-20(23)26-13(2)18(24)22(3)4/h5-10,12-13H,1,11H2,2-4H3/t13-/m1/s1. The minimum Gasteiger partial charge on any atom is -0.348 e. The number of benzene rings is 1. The smallest absolute Gasteiger partial charge is 0.272 e. The number of thiophene rings is 1. The van der Waals surface area contributed by atoms with Gasteiger partial charge in [-0.25, -0.2) is 4.98 Å². The van der Waals surface area contributed by atoms with Gasteiger partial charge in [-0.1, -0.05) is 48.2 Å². The number of carbonyl (C=O) groups is 1. The molecule has 0 saturated carbocycles. The zero-order chi connectivity index (χ0) is 19.6. The van der Waals surface area contributed by atoms with Crippen LogP contribution in [0.2, 0.25) is 0 Å². The van der Waals surface area contributed by atoms with Crippen molar-refractivity contribution in [2.45, 2.75) is 23.9 Å². The Morgan fingerprint density at radius 1 is 1.37 bits per heavy atom. The Morgan fingerprint density at radius 3 is 2.70 bits per heavy atom. The number of allylic oxidation sites excluding steroid dienone is 1. The van der Waals surface area contributed by atoms with E-state index < -0.39 is 0 Å². The van der Waals surface area contributed by atoms with Gasteiger partial charge in [-0.2, -0.15) is 0 Å². The first kappa shape index (κ1) is 19.4. The molecule has 1 aromatic carbocycles. The van der Waals surface area contributed by atoms with Crippen molar-refractivity contribution in [1.29, 1.82) is 0 Å². The van der Waals surface area contributed by atoms with Gasteiger partial charge in [0, 0.05) is 25.5 Å². The molecular formula is C20H21N3O2S2. The van der Waals surface area contributed by atoms with Gasteiger partial charge in [-0.15, -0.1) is 17.9 Å². The predicted molar refractivity (Wildman–Crippen MR) is 114 cm³/mol. The highest BCUT2D eigenvalue weighted by molar-refractivity contribution is 8.00. The molecule has 0 unspecified atom stereocenters. The molecule has 140 valence electrons. The van der Waals surface area contributed by atoms with Crippen LogP contribution in [0.1, 0.15) is 6.92 Å². The third-order valence-corrected chi connectivity index (χ3v) is 6.28. The monoisotopic (exact) mass is 399 g/mol. The normalized spacial score (nSPS) is 12.1. The zero-order valence-corrected chi connectivity index (χ0v) is 17.1. The van der Waals surface area contributed by atoms with E-state index in [4.69, 9.17) is 4.98 Å². The lowest BCUT2D eigenvalue weighted by atomic mass is 10.2. The summed E-state index contributed by atoms with van der Waals surface area (Å²) in [5.74, 6) is -0.0187. The van der Waals surface area contributed by atoms with Gasteiger partial charge in [0.05, 0.1) is 10.8 Å². The fourth-order valence-corrected chi connectivity index (χ4v) is 4.80. The zero-order valence-electron chi connectivity index (χ0n) is 15.5. The second-order valence-electron chi connectivity index (χ2n) is 6.28. The second-order valence-corrected chi connectivity index (χ2v) is 8.64. The van der Waals surface area contributed by atoms with Gasteiger partial charge in [0.2, 0.25) is 5.91 Å². The van der Waals surface area contributed by atoms with Crippen LogP contribution < -0.4 is 5.56 Å². The number of amides is 1. The molecule has 3 rings (SSSR count). The van der Waals surface area contributed by atoms with Crippen LogP contribution in [0.25, 0.3) is 20.7 Å². The van der Waals surface area contributed by atoms with Crippen molar-refractivity contribution in [2.24, 2.45) is 0 Å². The van der Waals surface area contributed by atoms with Gasteiger partial charge in [0.1, 0.15) is 4.70 Å². The third kappa shape index (κ3) is 3.99. The lowest BCUT2D eigenvalue weighted by Gasteiger charge is -2.17. The fourth-order valence-electron chi connectivity index (χ4n) is 2.69. The number of nitrogens with zero attached hydrogens (tertiary/aromatic N) is 3. The summed E-state index contributed by atoms with van der Waals surface area (Å²) in [5.41, 5.74) is 1.62. The molecule has 0 radical (unpaired) electrons. The highest BCUT2D eigenvalue weighted by Crippen LogP contribution is 2.32. The van der Waals surface area contributed by atoms with Crippen molar-refractivity contribution in [3.8, 4) is 10.4 Å². The number of fused-ring (bicyclic) bond motifs is 1. The Balaban J connectivity index is 2.10. The fraction of sp³-hybridized carbons (Fsp3) is 0.250. The van der Waals surface area contributed by atoms with Crippen LogP contribution in [0.3, 0.4) is 0 Å². The summed E-state index contributed by atoms with van der Waals surface area (Å²) in [6.07, 6.45) is 1.67. The van der Waals surface area contributed by atoms with Crippen molar-refractivity contribution >= 4 is 39.2 Å². The summed E-state index contributed by atoms with van der Waals surface area (Å²) < 4.78 is 2.21. The van der Waals surface area contributed by atoms with Crippen LogP contribution in [0.15, 0.2) is 59.0 Å². The van der Waals surface area contributed by atoms with Crippen molar-refractivity contribution in [1.82, 2.24) is 14.5 Å². The van der Waals surface area contributed by atoms with E-state index in [0.29, 0.717) is 21.9 Å². The Kier molecular flexibility index (Phi) is 5.82. The van der Waals surface area contributed by atoms with Crippen molar-refractivity contribution in [3.05, 3.63) is 59.4 Å². The molecule has 0 aliphatic heterocycles. The van der Waals surface area contributed by atoms with Crippen LogP contribution >= 0.6 is 23.1 Å². The highest BCUT2D eigenvalue weighted by atomic mass is 32.2. The van der Waals surface area contributed by atoms with Gasteiger partial charge in [0.15, 0.2) is 5.16 Å². The SMILES string of the molecule is C=CCn1c(S[C@H](C)C(=O)N(C)C)nc2cc(-c3ccccc3)sc2c1=O. The van der Waals surface area contributed by atoms with Gasteiger partial charge < -0.3 is 4.90 Å². The number of hydrogen-bond acceptors (Lipinski definition) is 5. The Bertz CT molecular complexity index is 1040. The molecule has 0 aliphatic carbocycles. The number of aromatic nitrogens is 2. The summed E-state index contributed by atoms with van der Waals surface area (Å²) >= 11 is 2.74. The topological polar surface area (TPSA) is 55.2 Å². The third-order valence-electron chi connectivity index (χ3n) is 4.04. The lowest BCUT2D eigenvalue weighted by Crippen LogP contribution is -2.31. The molecule has 1 atom stereocenters. The predicted octanol–water partition coefficient (Wildman–Crippen LogP) is 3.88. The van der Waals surface area contributed by atoms with Crippen LogP contribution in [-0.4, -0.2) is 39.7 Å². The molecule has 2 heterocycles. The molecule has 27 heavy (non-hydrogen) atoms. The summed E-state index contributed by atoms with van der Waals surface area (Å²) in [4.78, 5) is 32.5. The minimum absolute atomic E-state index is 0.0187. The molecule has 0 N–H and O–H groups in total. The second kappa shape index (κ2) is 8.10. The lowest BCUT2D eigenvalue weighted by molar-refractivity contribution is -0.127. The molecule has 0 bridgehead atoms. The van der Waals surface area contributed by atoms with E-state index in [2.05, 4.69) is 6.58 Å². The van der Waals surface area contributed by atoms with Crippen molar-refractivity contribution < 1.29 is 4.79 Å². The van der Waals surface area contributed by atoms with Crippen LogP contribution in [0.4, 0.5) is 0 Å². The van der Waals surface area contributed by atoms with Crippen LogP contribution in [-0.2, 0) is 11.3 Å². The van der Waals surface area contributed by atoms with E-state index in [1.807, 2.05) is 43.3 Å². The van der Waals surface area contributed by atoms with E-state index in [1.165, 1.54) is 23.1 Å². The first-order valence-electron chi connectivity index (χ1n) is 8.51. The Morgan fingerprint density at radius 2 is 2.07 bits per heavy atom. The number of carbonyl (C=O) groups excluding carboxylic acids is 1. The number of hydrogen-bond donors (Lipinski definition) is 0. The van der Waals surface area contributed by atoms with E-state index in [9.17, 15) is 9.59 Å². The Hall–Kier alpha value is -2.38. The molecule has 0 aliphatic rings. The van der Waals surface area contributed by atoms with E-state index in [-0.39, 0.29) is 16.7 Å². The molecule has 5 nitrogen and oxygen atoms in total. The molecule has 1 amide bonds. The molecule has 3 aromatic rings. The van der Waals surface area contributed by atoms with Crippen LogP contribution in [0, 0.1) is 0 Å². The van der Waals surface area contributed by atoms with Gasteiger partial charge >= 0.3 is 0 Å². The molecule has 0 spiro atoms. The van der Waals surface area contributed by atoms with Gasteiger partial charge in [-0.3, -0.25) is 14.2 Å². The maximum absolute atomic E-state index is 13.0. The molecule has 0 fully saturated rings. The average Bonchev–Trinajstić information content (AvgIpc) is 3.09. The maximum atomic E-state index is 13.0. The molecule has 7 heteroatoms. The molecular weight excluding hydrogens is 378 g/mol.